The van der Waals surface area contributed by atoms with Crippen molar-refractivity contribution in [1.29, 1.82) is 0 Å². The van der Waals surface area contributed by atoms with Crippen LogP contribution in [0.4, 0.5) is 11.6 Å². The predicted octanol–water partition coefficient (Wildman–Crippen LogP) is 2.73. The Morgan fingerprint density at radius 2 is 2.26 bits per heavy atom. The molecule has 1 aliphatic heterocycles. The second kappa shape index (κ2) is 5.57. The van der Waals surface area contributed by atoms with Gasteiger partial charge in [0, 0.05) is 42.6 Å². The summed E-state index contributed by atoms with van der Waals surface area (Å²) in [6.07, 6.45) is 2.50. The lowest BCUT2D eigenvalue weighted by atomic mass is 10.3. The Morgan fingerprint density at radius 3 is 2.95 bits per heavy atom. The van der Waals surface area contributed by atoms with Crippen LogP contribution in [0.3, 0.4) is 0 Å². The van der Waals surface area contributed by atoms with Crippen molar-refractivity contribution in [2.24, 2.45) is 0 Å². The maximum Gasteiger partial charge on any atom is 0.136 e. The van der Waals surface area contributed by atoms with Crippen LogP contribution in [0.25, 0.3) is 0 Å². The Morgan fingerprint density at radius 1 is 1.42 bits per heavy atom. The molecule has 0 spiro atoms. The number of rotatable bonds is 4. The van der Waals surface area contributed by atoms with Crippen molar-refractivity contribution in [2.45, 2.75) is 37.9 Å². The monoisotopic (exact) mass is 278 g/mol. The van der Waals surface area contributed by atoms with Gasteiger partial charge in [-0.15, -0.1) is 0 Å². The summed E-state index contributed by atoms with van der Waals surface area (Å²) in [6, 6.07) is 2.11. The number of anilines is 2. The molecule has 4 nitrogen and oxygen atoms in total. The summed E-state index contributed by atoms with van der Waals surface area (Å²) < 4.78 is 0. The maximum atomic E-state index is 4.80. The van der Waals surface area contributed by atoms with E-state index in [1.54, 1.807) is 0 Å². The van der Waals surface area contributed by atoms with E-state index in [-0.39, 0.29) is 0 Å². The molecular weight excluding hydrogens is 256 g/mol. The van der Waals surface area contributed by atoms with E-state index in [4.69, 9.17) is 4.98 Å². The van der Waals surface area contributed by atoms with Crippen LogP contribution in [-0.4, -0.2) is 40.6 Å². The highest BCUT2D eigenvalue weighted by atomic mass is 32.2. The zero-order valence-electron chi connectivity index (χ0n) is 11.7. The van der Waals surface area contributed by atoms with Crippen molar-refractivity contribution < 1.29 is 0 Å². The number of hydrogen-bond donors (Lipinski definition) is 1. The van der Waals surface area contributed by atoms with Gasteiger partial charge >= 0.3 is 0 Å². The predicted molar refractivity (Wildman–Crippen MR) is 82.3 cm³/mol. The van der Waals surface area contributed by atoms with E-state index in [1.807, 2.05) is 0 Å². The number of hydrogen-bond acceptors (Lipinski definition) is 5. The average molecular weight is 278 g/mol. The molecule has 19 heavy (non-hydrogen) atoms. The summed E-state index contributed by atoms with van der Waals surface area (Å²) >= 11 is 2.05. The molecule has 1 aromatic rings. The van der Waals surface area contributed by atoms with Gasteiger partial charge in [0.05, 0.1) is 0 Å². The van der Waals surface area contributed by atoms with E-state index in [9.17, 15) is 0 Å². The molecule has 1 N–H and O–H groups in total. The molecule has 1 aromatic heterocycles. The molecule has 1 atom stereocenters. The molecule has 2 heterocycles. The Bertz CT molecular complexity index is 447. The fourth-order valence-electron chi connectivity index (χ4n) is 2.44. The molecular formula is C14H22N4S. The smallest absolute Gasteiger partial charge is 0.136 e. The van der Waals surface area contributed by atoms with Gasteiger partial charge in [-0.25, -0.2) is 9.97 Å². The molecule has 104 valence electrons. The summed E-state index contributed by atoms with van der Waals surface area (Å²) in [6.45, 7) is 7.51. The largest absolute Gasteiger partial charge is 0.370 e. The number of nitrogens with zero attached hydrogens (tertiary/aromatic N) is 3. The first-order chi connectivity index (χ1) is 9.26. The van der Waals surface area contributed by atoms with Crippen molar-refractivity contribution in [2.75, 3.05) is 35.6 Å². The second-order valence-electron chi connectivity index (χ2n) is 5.40. The van der Waals surface area contributed by atoms with E-state index in [2.05, 4.69) is 46.9 Å². The lowest BCUT2D eigenvalue weighted by Gasteiger charge is -2.31. The summed E-state index contributed by atoms with van der Waals surface area (Å²) in [5.74, 6) is 4.94. The van der Waals surface area contributed by atoms with Gasteiger partial charge in [0.15, 0.2) is 0 Å². The molecule has 0 bridgehead atoms. The van der Waals surface area contributed by atoms with Gasteiger partial charge in [-0.3, -0.25) is 0 Å². The van der Waals surface area contributed by atoms with Crippen LogP contribution in [0.1, 0.15) is 38.4 Å². The minimum Gasteiger partial charge on any atom is -0.370 e. The zero-order valence-corrected chi connectivity index (χ0v) is 12.5. The average Bonchev–Trinajstić information content (AvgIpc) is 3.23. The summed E-state index contributed by atoms with van der Waals surface area (Å²) in [7, 11) is 0. The standard InChI is InChI=1S/C14H22N4S/c1-3-15-12-8-13(17-14(16-12)11-4-5-11)18-6-7-19-10(2)9-18/h8,10-11H,3-7,9H2,1-2H3,(H,15,16,17). The first kappa shape index (κ1) is 13.0. The fourth-order valence-corrected chi connectivity index (χ4v) is 3.45. The second-order valence-corrected chi connectivity index (χ2v) is 6.95. The molecule has 2 fully saturated rings. The van der Waals surface area contributed by atoms with Gasteiger partial charge in [0.25, 0.3) is 0 Å². The highest BCUT2D eigenvalue weighted by Gasteiger charge is 2.28. The van der Waals surface area contributed by atoms with E-state index in [1.165, 1.54) is 18.6 Å². The Hall–Kier alpha value is -0.970. The molecule has 1 unspecified atom stereocenters. The van der Waals surface area contributed by atoms with Crippen molar-refractivity contribution in [3.63, 3.8) is 0 Å². The quantitative estimate of drug-likeness (QED) is 0.917. The van der Waals surface area contributed by atoms with Crippen LogP contribution in [-0.2, 0) is 0 Å². The highest BCUT2D eigenvalue weighted by molar-refractivity contribution is 8.00. The van der Waals surface area contributed by atoms with E-state index in [0.29, 0.717) is 11.2 Å². The molecule has 1 saturated carbocycles. The van der Waals surface area contributed by atoms with E-state index < -0.39 is 0 Å². The lowest BCUT2D eigenvalue weighted by Crippen LogP contribution is -2.37. The Kier molecular flexibility index (Phi) is 3.82. The fraction of sp³-hybridized carbons (Fsp3) is 0.714. The van der Waals surface area contributed by atoms with E-state index >= 15 is 0 Å². The number of aromatic nitrogens is 2. The van der Waals surface area contributed by atoms with E-state index in [0.717, 1.165) is 37.1 Å². The first-order valence-electron chi connectivity index (χ1n) is 7.25. The third kappa shape index (κ3) is 3.14. The molecule has 2 aliphatic rings. The molecule has 3 rings (SSSR count). The molecule has 5 heteroatoms. The molecule has 1 aliphatic carbocycles. The van der Waals surface area contributed by atoms with Crippen molar-refractivity contribution >= 4 is 23.4 Å². The molecule has 0 aromatic carbocycles. The summed E-state index contributed by atoms with van der Waals surface area (Å²) in [5.41, 5.74) is 0. The van der Waals surface area contributed by atoms with Gasteiger partial charge in [0.1, 0.15) is 17.5 Å². The van der Waals surface area contributed by atoms with Crippen molar-refractivity contribution in [3.8, 4) is 0 Å². The SMILES string of the molecule is CCNc1cc(N2CCSC(C)C2)nc(C2CC2)n1. The minimum atomic E-state index is 0.606. The first-order valence-corrected chi connectivity index (χ1v) is 8.30. The number of nitrogens with one attached hydrogen (secondary N) is 1. The normalized spacial score (nSPS) is 23.5. The van der Waals surface area contributed by atoms with Crippen LogP contribution in [0.15, 0.2) is 6.07 Å². The molecule has 0 amide bonds. The van der Waals surface area contributed by atoms with Crippen molar-refractivity contribution in [3.05, 3.63) is 11.9 Å². The lowest BCUT2D eigenvalue weighted by molar-refractivity contribution is 0.760. The Labute approximate surface area is 119 Å². The van der Waals surface area contributed by atoms with Crippen LogP contribution >= 0.6 is 11.8 Å². The highest BCUT2D eigenvalue weighted by Crippen LogP contribution is 2.39. The zero-order chi connectivity index (χ0) is 13.2. The van der Waals surface area contributed by atoms with Gasteiger partial charge < -0.3 is 10.2 Å². The topological polar surface area (TPSA) is 41.0 Å². The summed E-state index contributed by atoms with van der Waals surface area (Å²) in [5, 5.41) is 4.03. The third-order valence-corrected chi connectivity index (χ3v) is 4.73. The molecule has 1 saturated heterocycles. The van der Waals surface area contributed by atoms with Gasteiger partial charge in [-0.1, -0.05) is 6.92 Å². The minimum absolute atomic E-state index is 0.606. The van der Waals surface area contributed by atoms with Gasteiger partial charge in [0.2, 0.25) is 0 Å². The third-order valence-electron chi connectivity index (χ3n) is 3.60. The van der Waals surface area contributed by atoms with Gasteiger partial charge in [-0.05, 0) is 19.8 Å². The van der Waals surface area contributed by atoms with Crippen LogP contribution in [0.5, 0.6) is 0 Å². The van der Waals surface area contributed by atoms with Crippen LogP contribution in [0.2, 0.25) is 0 Å². The van der Waals surface area contributed by atoms with Gasteiger partial charge in [-0.2, -0.15) is 11.8 Å². The maximum absolute atomic E-state index is 4.80. The van der Waals surface area contributed by atoms with Crippen molar-refractivity contribution in [1.82, 2.24) is 9.97 Å². The Balaban J connectivity index is 1.85. The summed E-state index contributed by atoms with van der Waals surface area (Å²) in [4.78, 5) is 11.9. The van der Waals surface area contributed by atoms with Crippen LogP contribution < -0.4 is 10.2 Å². The molecule has 0 radical (unpaired) electrons. The number of thioether (sulfide) groups is 1. The van der Waals surface area contributed by atoms with Crippen LogP contribution in [0, 0.1) is 0 Å².